The molecule has 0 aliphatic heterocycles. The van der Waals surface area contributed by atoms with Crippen LogP contribution in [0.1, 0.15) is 29.5 Å². The molecule has 1 aromatic heterocycles. The molecule has 4 unspecified atom stereocenters. The maximum atomic E-state index is 13.8. The van der Waals surface area contributed by atoms with Gasteiger partial charge in [-0.2, -0.15) is 0 Å². The predicted octanol–water partition coefficient (Wildman–Crippen LogP) is 1.03. The van der Waals surface area contributed by atoms with Crippen molar-refractivity contribution in [2.75, 3.05) is 0 Å². The zero-order valence-electron chi connectivity index (χ0n) is 25.5. The van der Waals surface area contributed by atoms with E-state index in [0.717, 1.165) is 22.0 Å². The lowest BCUT2D eigenvalue weighted by Gasteiger charge is -2.25. The highest BCUT2D eigenvalue weighted by Crippen LogP contribution is 2.20. The van der Waals surface area contributed by atoms with E-state index in [-0.39, 0.29) is 37.9 Å². The van der Waals surface area contributed by atoms with Crippen molar-refractivity contribution in [2.24, 2.45) is 11.5 Å². The number of phenols is 1. The van der Waals surface area contributed by atoms with Crippen molar-refractivity contribution in [2.45, 2.75) is 56.3 Å². The zero-order chi connectivity index (χ0) is 33.9. The van der Waals surface area contributed by atoms with Crippen LogP contribution in [0.5, 0.6) is 5.75 Å². The first-order chi connectivity index (χ1) is 22.5. The molecule has 10 N–H and O–H groups in total. The first kappa shape index (κ1) is 34.2. The molecule has 4 amide bonds. The number of H-pyrrole nitrogens is 1. The summed E-state index contributed by atoms with van der Waals surface area (Å²) in [5, 5.41) is 27.9. The Balaban J connectivity index is 1.54. The molecule has 0 aliphatic rings. The molecule has 4 aromatic rings. The van der Waals surface area contributed by atoms with Crippen molar-refractivity contribution in [1.29, 1.82) is 0 Å². The van der Waals surface area contributed by atoms with Gasteiger partial charge in [-0.05, 0) is 47.7 Å². The van der Waals surface area contributed by atoms with Gasteiger partial charge in [0.2, 0.25) is 23.6 Å². The molecule has 0 aliphatic carbocycles. The Labute approximate surface area is 270 Å². The predicted molar refractivity (Wildman–Crippen MR) is 174 cm³/mol. The SMILES string of the molecule is NC(=O)CCC(NC(=O)C(Cc1c[nH]c2ccccc12)NC(=O)C(N)Cc1ccccc1)C(=O)NC(Cc1ccc(O)cc1)C(=O)O. The molecule has 246 valence electrons. The number of aromatic hydroxyl groups is 1. The quantitative estimate of drug-likeness (QED) is 0.0878. The van der Waals surface area contributed by atoms with Crippen molar-refractivity contribution in [3.63, 3.8) is 0 Å². The number of aromatic amines is 1. The van der Waals surface area contributed by atoms with Crippen molar-refractivity contribution in [1.82, 2.24) is 20.9 Å². The molecule has 13 nitrogen and oxygen atoms in total. The summed E-state index contributed by atoms with van der Waals surface area (Å²) in [5.74, 6) is -4.26. The number of amides is 4. The minimum atomic E-state index is -1.39. The fourth-order valence-electron chi connectivity index (χ4n) is 5.14. The number of carboxylic acid groups (broad SMARTS) is 1. The summed E-state index contributed by atoms with van der Waals surface area (Å²) in [5.41, 5.74) is 14.4. The fraction of sp³-hybridized carbons (Fsp3) is 0.265. The van der Waals surface area contributed by atoms with Crippen molar-refractivity contribution in [3.8, 4) is 5.75 Å². The lowest BCUT2D eigenvalue weighted by Crippen LogP contribution is -2.58. The first-order valence-corrected chi connectivity index (χ1v) is 15.0. The maximum Gasteiger partial charge on any atom is 0.326 e. The summed E-state index contributed by atoms with van der Waals surface area (Å²) in [6.45, 7) is 0. The van der Waals surface area contributed by atoms with E-state index in [9.17, 15) is 34.2 Å². The summed E-state index contributed by atoms with van der Waals surface area (Å²) >= 11 is 0. The lowest BCUT2D eigenvalue weighted by molar-refractivity contribution is -0.142. The molecule has 0 bridgehead atoms. The standard InChI is InChI=1S/C34H38N6O7/c35-25(16-20-6-2-1-3-7-20)31(43)39-28(18-22-19-37-26-9-5-4-8-24(22)26)33(45)38-27(14-15-30(36)42)32(44)40-29(34(46)47)17-21-10-12-23(41)13-11-21/h1-13,19,25,27-29,37,41H,14-18,35H2,(H2,36,42)(H,38,45)(H,39,43)(H,40,44)(H,46,47). The monoisotopic (exact) mass is 642 g/mol. The zero-order valence-corrected chi connectivity index (χ0v) is 25.5. The Kier molecular flexibility index (Phi) is 11.7. The Morgan fingerprint density at radius 3 is 1.98 bits per heavy atom. The average Bonchev–Trinajstić information content (AvgIpc) is 3.46. The van der Waals surface area contributed by atoms with Crippen LogP contribution < -0.4 is 27.4 Å². The second kappa shape index (κ2) is 16.0. The number of hydrogen-bond acceptors (Lipinski definition) is 7. The van der Waals surface area contributed by atoms with Crippen LogP contribution in [0.25, 0.3) is 10.9 Å². The van der Waals surface area contributed by atoms with Crippen LogP contribution in [-0.4, -0.2) is 69.0 Å². The highest BCUT2D eigenvalue weighted by Gasteiger charge is 2.31. The number of para-hydroxylation sites is 1. The van der Waals surface area contributed by atoms with Crippen LogP contribution in [0, 0.1) is 0 Å². The summed E-state index contributed by atoms with van der Waals surface area (Å²) in [7, 11) is 0. The van der Waals surface area contributed by atoms with Crippen LogP contribution in [0.15, 0.2) is 85.1 Å². The molecule has 0 spiro atoms. The molecule has 0 saturated heterocycles. The molecular weight excluding hydrogens is 604 g/mol. The Hall–Kier alpha value is -5.69. The maximum absolute atomic E-state index is 13.8. The van der Waals surface area contributed by atoms with Gasteiger partial charge in [-0.1, -0.05) is 60.7 Å². The highest BCUT2D eigenvalue weighted by molar-refractivity contribution is 5.95. The van der Waals surface area contributed by atoms with Gasteiger partial charge in [0.25, 0.3) is 0 Å². The molecule has 4 atom stereocenters. The number of rotatable bonds is 16. The van der Waals surface area contributed by atoms with E-state index >= 15 is 0 Å². The van der Waals surface area contributed by atoms with Crippen LogP contribution in [0.4, 0.5) is 0 Å². The molecule has 0 saturated carbocycles. The van der Waals surface area contributed by atoms with Crippen LogP contribution in [0.2, 0.25) is 0 Å². The summed E-state index contributed by atoms with van der Waals surface area (Å²) < 4.78 is 0. The molecular formula is C34H38N6O7. The molecule has 1 heterocycles. The van der Waals surface area contributed by atoms with Crippen molar-refractivity contribution >= 4 is 40.5 Å². The van der Waals surface area contributed by atoms with Gasteiger partial charge in [0.05, 0.1) is 6.04 Å². The van der Waals surface area contributed by atoms with Gasteiger partial charge in [0, 0.05) is 36.4 Å². The van der Waals surface area contributed by atoms with Gasteiger partial charge in [0.15, 0.2) is 0 Å². The molecule has 0 radical (unpaired) electrons. The smallest absolute Gasteiger partial charge is 0.326 e. The molecule has 4 rings (SSSR count). The van der Waals surface area contributed by atoms with Gasteiger partial charge in [-0.3, -0.25) is 19.2 Å². The number of aromatic nitrogens is 1. The van der Waals surface area contributed by atoms with E-state index in [1.807, 2.05) is 54.6 Å². The number of carbonyl (C=O) groups excluding carboxylic acids is 4. The Morgan fingerprint density at radius 2 is 1.30 bits per heavy atom. The molecule has 47 heavy (non-hydrogen) atoms. The third kappa shape index (κ3) is 9.90. The van der Waals surface area contributed by atoms with E-state index in [1.54, 1.807) is 6.20 Å². The van der Waals surface area contributed by atoms with E-state index in [1.165, 1.54) is 24.3 Å². The Morgan fingerprint density at radius 1 is 0.702 bits per heavy atom. The number of aliphatic carboxylic acids is 1. The third-order valence-corrected chi connectivity index (χ3v) is 7.67. The molecule has 3 aromatic carbocycles. The number of fused-ring (bicyclic) bond motifs is 1. The summed E-state index contributed by atoms with van der Waals surface area (Å²) in [4.78, 5) is 67.3. The normalized spacial score (nSPS) is 13.6. The number of carbonyl (C=O) groups is 5. The number of hydrogen-bond donors (Lipinski definition) is 8. The second-order valence-electron chi connectivity index (χ2n) is 11.3. The summed E-state index contributed by atoms with van der Waals surface area (Å²) in [6.07, 6.45) is 1.35. The van der Waals surface area contributed by atoms with Gasteiger partial charge in [0.1, 0.15) is 23.9 Å². The van der Waals surface area contributed by atoms with E-state index in [0.29, 0.717) is 5.56 Å². The number of nitrogens with one attached hydrogen (secondary N) is 4. The van der Waals surface area contributed by atoms with Crippen molar-refractivity contribution in [3.05, 3.63) is 102 Å². The number of benzene rings is 3. The minimum Gasteiger partial charge on any atom is -0.508 e. The van der Waals surface area contributed by atoms with Crippen LogP contribution in [0.3, 0.4) is 0 Å². The summed E-state index contributed by atoms with van der Waals surface area (Å²) in [6, 6.07) is 17.4. The van der Waals surface area contributed by atoms with E-state index < -0.39 is 53.8 Å². The van der Waals surface area contributed by atoms with E-state index in [4.69, 9.17) is 11.5 Å². The van der Waals surface area contributed by atoms with Gasteiger partial charge in [-0.15, -0.1) is 0 Å². The highest BCUT2D eigenvalue weighted by atomic mass is 16.4. The van der Waals surface area contributed by atoms with Crippen LogP contribution in [-0.2, 0) is 43.2 Å². The second-order valence-corrected chi connectivity index (χ2v) is 11.3. The number of carboxylic acids is 1. The molecule has 13 heteroatoms. The third-order valence-electron chi connectivity index (χ3n) is 7.67. The average molecular weight is 643 g/mol. The number of primary amides is 1. The fourth-order valence-corrected chi connectivity index (χ4v) is 5.14. The Bertz CT molecular complexity index is 1710. The van der Waals surface area contributed by atoms with E-state index in [2.05, 4.69) is 20.9 Å². The van der Waals surface area contributed by atoms with Gasteiger partial charge < -0.3 is 42.6 Å². The molecule has 0 fully saturated rings. The number of phenolic OH excluding ortho intramolecular Hbond substituents is 1. The number of nitrogens with two attached hydrogens (primary N) is 2. The van der Waals surface area contributed by atoms with Crippen LogP contribution >= 0.6 is 0 Å². The van der Waals surface area contributed by atoms with Crippen molar-refractivity contribution < 1.29 is 34.2 Å². The minimum absolute atomic E-state index is 0.00538. The van der Waals surface area contributed by atoms with Gasteiger partial charge in [-0.25, -0.2) is 4.79 Å². The topological polar surface area (TPSA) is 230 Å². The lowest BCUT2D eigenvalue weighted by atomic mass is 10.0. The van der Waals surface area contributed by atoms with Gasteiger partial charge >= 0.3 is 5.97 Å². The largest absolute Gasteiger partial charge is 0.508 e. The first-order valence-electron chi connectivity index (χ1n) is 15.0.